The van der Waals surface area contributed by atoms with Crippen molar-refractivity contribution in [3.8, 4) is 0 Å². The van der Waals surface area contributed by atoms with Crippen molar-refractivity contribution in [3.05, 3.63) is 89.2 Å². The second-order valence-corrected chi connectivity index (χ2v) is 9.58. The number of benzene rings is 3. The van der Waals surface area contributed by atoms with Gasteiger partial charge in [-0.25, -0.2) is 27.1 Å². The molecule has 0 saturated carbocycles. The van der Waals surface area contributed by atoms with Crippen molar-refractivity contribution in [2.75, 3.05) is 17.2 Å². The number of urea groups is 2. The average molecular weight is 539 g/mol. The van der Waals surface area contributed by atoms with E-state index in [1.165, 1.54) is 12.1 Å². The van der Waals surface area contributed by atoms with Gasteiger partial charge in [0.1, 0.15) is 5.82 Å². The van der Waals surface area contributed by atoms with Gasteiger partial charge in [0.15, 0.2) is 0 Å². The summed E-state index contributed by atoms with van der Waals surface area (Å²) in [6.07, 6.45) is -4.49. The molecular formula is C24H22F4N4O4S. The number of carbonyl (C=O) groups is 2. The highest BCUT2D eigenvalue weighted by Gasteiger charge is 2.34. The van der Waals surface area contributed by atoms with Crippen molar-refractivity contribution in [2.45, 2.75) is 24.4 Å². The van der Waals surface area contributed by atoms with Gasteiger partial charge in [-0.2, -0.15) is 13.2 Å². The van der Waals surface area contributed by atoms with E-state index in [4.69, 9.17) is 0 Å². The van der Waals surface area contributed by atoms with Gasteiger partial charge in [-0.1, -0.05) is 29.8 Å². The maximum absolute atomic E-state index is 13.6. The van der Waals surface area contributed by atoms with Crippen LogP contribution in [0.25, 0.3) is 0 Å². The van der Waals surface area contributed by atoms with Crippen molar-refractivity contribution >= 4 is 33.5 Å². The minimum Gasteiger partial charge on any atom is -0.337 e. The summed E-state index contributed by atoms with van der Waals surface area (Å²) in [6.45, 7) is 1.93. The molecule has 13 heteroatoms. The third-order valence-electron chi connectivity index (χ3n) is 5.00. The summed E-state index contributed by atoms with van der Waals surface area (Å²) in [5.41, 5.74) is 0.392. The fraction of sp³-hybridized carbons (Fsp3) is 0.167. The van der Waals surface area contributed by atoms with Gasteiger partial charge in [0.2, 0.25) is 0 Å². The van der Waals surface area contributed by atoms with E-state index in [0.717, 1.165) is 17.2 Å². The predicted molar refractivity (Wildman–Crippen MR) is 129 cm³/mol. The predicted octanol–water partition coefficient (Wildman–Crippen LogP) is 5.03. The summed E-state index contributed by atoms with van der Waals surface area (Å²) in [4.78, 5) is 24.0. The van der Waals surface area contributed by atoms with Gasteiger partial charge in [0, 0.05) is 17.9 Å². The van der Waals surface area contributed by atoms with Gasteiger partial charge in [-0.3, -0.25) is 0 Å². The molecule has 3 aromatic rings. The van der Waals surface area contributed by atoms with Crippen LogP contribution in [0.1, 0.15) is 16.7 Å². The molecule has 0 aromatic heterocycles. The van der Waals surface area contributed by atoms with E-state index < -0.39 is 39.6 Å². The van der Waals surface area contributed by atoms with E-state index in [2.05, 4.69) is 16.0 Å². The second kappa shape index (κ2) is 11.3. The molecule has 0 radical (unpaired) electrons. The first-order valence-electron chi connectivity index (χ1n) is 10.7. The number of aryl methyl sites for hydroxylation is 1. The molecule has 0 unspecified atom stereocenters. The molecule has 0 saturated heterocycles. The Hall–Kier alpha value is -4.13. The summed E-state index contributed by atoms with van der Waals surface area (Å²) < 4.78 is 77.9. The highest BCUT2D eigenvalue weighted by Crippen LogP contribution is 2.32. The number of halogens is 4. The molecule has 0 aliphatic rings. The van der Waals surface area contributed by atoms with E-state index >= 15 is 0 Å². The Morgan fingerprint density at radius 1 is 0.838 bits per heavy atom. The first kappa shape index (κ1) is 27.5. The van der Waals surface area contributed by atoms with Gasteiger partial charge in [0.05, 0.1) is 10.5 Å². The normalized spacial score (nSPS) is 11.5. The summed E-state index contributed by atoms with van der Waals surface area (Å²) in [6, 6.07) is 12.8. The molecule has 0 aliphatic heterocycles. The summed E-state index contributed by atoms with van der Waals surface area (Å²) >= 11 is 0. The van der Waals surface area contributed by atoms with E-state index in [0.29, 0.717) is 24.2 Å². The van der Waals surface area contributed by atoms with Crippen LogP contribution in [-0.2, 0) is 22.6 Å². The first-order valence-corrected chi connectivity index (χ1v) is 12.2. The fourth-order valence-electron chi connectivity index (χ4n) is 3.13. The lowest BCUT2D eigenvalue weighted by Gasteiger charge is -2.11. The largest absolute Gasteiger partial charge is 0.419 e. The van der Waals surface area contributed by atoms with Crippen molar-refractivity contribution < 1.29 is 35.6 Å². The van der Waals surface area contributed by atoms with Crippen LogP contribution in [0.2, 0.25) is 0 Å². The number of anilines is 2. The smallest absolute Gasteiger partial charge is 0.337 e. The van der Waals surface area contributed by atoms with Crippen molar-refractivity contribution in [1.82, 2.24) is 10.0 Å². The van der Waals surface area contributed by atoms with E-state index in [1.54, 1.807) is 43.3 Å². The summed E-state index contributed by atoms with van der Waals surface area (Å²) in [5, 5.41) is 7.15. The molecule has 196 valence electrons. The summed E-state index contributed by atoms with van der Waals surface area (Å²) in [7, 11) is -4.00. The van der Waals surface area contributed by atoms with Crippen LogP contribution in [0.15, 0.2) is 71.6 Å². The molecule has 3 aromatic carbocycles. The van der Waals surface area contributed by atoms with Crippen molar-refractivity contribution in [2.24, 2.45) is 0 Å². The van der Waals surface area contributed by atoms with Crippen LogP contribution >= 0.6 is 0 Å². The Bertz CT molecular complexity index is 1380. The lowest BCUT2D eigenvalue weighted by molar-refractivity contribution is -0.139. The average Bonchev–Trinajstić information content (AvgIpc) is 2.79. The molecule has 37 heavy (non-hydrogen) atoms. The molecule has 0 heterocycles. The molecular weight excluding hydrogens is 516 g/mol. The molecule has 0 atom stereocenters. The maximum Gasteiger partial charge on any atom is 0.419 e. The van der Waals surface area contributed by atoms with Gasteiger partial charge >= 0.3 is 18.2 Å². The lowest BCUT2D eigenvalue weighted by atomic mass is 10.1. The monoisotopic (exact) mass is 538 g/mol. The fourth-order valence-corrected chi connectivity index (χ4v) is 4.05. The number of hydrogen-bond donors (Lipinski definition) is 4. The topological polar surface area (TPSA) is 116 Å². The molecule has 3 rings (SSSR count). The Balaban J connectivity index is 1.46. The van der Waals surface area contributed by atoms with E-state index in [1.807, 2.05) is 4.72 Å². The third-order valence-corrected chi connectivity index (χ3v) is 6.35. The molecule has 0 aliphatic carbocycles. The van der Waals surface area contributed by atoms with Crippen molar-refractivity contribution in [3.63, 3.8) is 0 Å². The Kier molecular flexibility index (Phi) is 8.38. The zero-order chi connectivity index (χ0) is 27.2. The zero-order valence-electron chi connectivity index (χ0n) is 19.3. The van der Waals surface area contributed by atoms with Crippen LogP contribution in [0, 0.1) is 12.7 Å². The number of amides is 4. The minimum absolute atomic E-state index is 0.0381. The molecule has 0 bridgehead atoms. The van der Waals surface area contributed by atoms with E-state index in [-0.39, 0.29) is 17.1 Å². The molecule has 0 spiro atoms. The van der Waals surface area contributed by atoms with Crippen LogP contribution in [-0.4, -0.2) is 27.0 Å². The number of hydrogen-bond acceptors (Lipinski definition) is 4. The third kappa shape index (κ3) is 7.93. The highest BCUT2D eigenvalue weighted by atomic mass is 32.2. The Morgan fingerprint density at radius 3 is 2.03 bits per heavy atom. The number of nitrogens with one attached hydrogen (secondary N) is 4. The van der Waals surface area contributed by atoms with Gasteiger partial charge < -0.3 is 16.0 Å². The van der Waals surface area contributed by atoms with E-state index in [9.17, 15) is 35.6 Å². The molecule has 4 N–H and O–H groups in total. The lowest BCUT2D eigenvalue weighted by Crippen LogP contribution is -2.40. The van der Waals surface area contributed by atoms with Gasteiger partial charge in [-0.05, 0) is 61.4 Å². The molecule has 0 fully saturated rings. The summed E-state index contributed by atoms with van der Waals surface area (Å²) in [5.74, 6) is -1.51. The highest BCUT2D eigenvalue weighted by molar-refractivity contribution is 7.90. The van der Waals surface area contributed by atoms with Gasteiger partial charge in [-0.15, -0.1) is 0 Å². The van der Waals surface area contributed by atoms with Crippen LogP contribution in [0.3, 0.4) is 0 Å². The van der Waals surface area contributed by atoms with Crippen LogP contribution < -0.4 is 20.7 Å². The number of carbonyl (C=O) groups excluding carboxylic acids is 2. The van der Waals surface area contributed by atoms with Gasteiger partial charge in [0.25, 0.3) is 10.0 Å². The standard InChI is InChI=1S/C24H22F4N4O4S/c1-15-2-9-19(10-3-15)37(35,36)32-22(33)29-13-12-16-4-6-17(7-5-16)30-23(34)31-18-8-11-20(21(25)14-18)24(26,27)28/h2-11,14H,12-13H2,1H3,(H2,29,32,33)(H2,30,31,34). The Labute approximate surface area is 210 Å². The number of alkyl halides is 3. The zero-order valence-corrected chi connectivity index (χ0v) is 20.1. The SMILES string of the molecule is Cc1ccc(S(=O)(=O)NC(=O)NCCc2ccc(NC(=O)Nc3ccc(C(F)(F)F)c(F)c3)cc2)cc1. The van der Waals surface area contributed by atoms with Crippen LogP contribution in [0.4, 0.5) is 38.5 Å². The first-order chi connectivity index (χ1) is 17.3. The maximum atomic E-state index is 13.6. The second-order valence-electron chi connectivity index (χ2n) is 7.89. The number of sulfonamides is 1. The molecule has 8 nitrogen and oxygen atoms in total. The Morgan fingerprint density at radius 2 is 1.43 bits per heavy atom. The quantitative estimate of drug-likeness (QED) is 0.316. The minimum atomic E-state index is -4.84. The number of rotatable bonds is 7. The van der Waals surface area contributed by atoms with Crippen molar-refractivity contribution in [1.29, 1.82) is 0 Å². The van der Waals surface area contributed by atoms with Crippen LogP contribution in [0.5, 0.6) is 0 Å². The molecule has 4 amide bonds.